The minimum Gasteiger partial charge on any atom is -0.365 e. The van der Waals surface area contributed by atoms with Crippen LogP contribution < -0.4 is 5.32 Å². The third-order valence-corrected chi connectivity index (χ3v) is 4.21. The van der Waals surface area contributed by atoms with E-state index in [4.69, 9.17) is 0 Å². The lowest BCUT2D eigenvalue weighted by atomic mass is 10.1. The first-order valence-corrected chi connectivity index (χ1v) is 7.42. The van der Waals surface area contributed by atoms with Crippen LogP contribution in [-0.2, 0) is 0 Å². The van der Waals surface area contributed by atoms with Gasteiger partial charge in [0, 0.05) is 50.7 Å². The van der Waals surface area contributed by atoms with E-state index in [0.29, 0.717) is 6.04 Å². The number of nitrogens with one attached hydrogen (secondary N) is 2. The number of carbonyl (C=O) groups excluding carboxylic acids is 1. The Labute approximate surface area is 121 Å². The van der Waals surface area contributed by atoms with Crippen LogP contribution in [0, 0.1) is 6.92 Å². The summed E-state index contributed by atoms with van der Waals surface area (Å²) in [4.78, 5) is 19.9. The van der Waals surface area contributed by atoms with Gasteiger partial charge in [-0.1, -0.05) is 0 Å². The fraction of sp³-hybridized carbons (Fsp3) is 0.667. The number of likely N-dealkylation sites (N-methyl/N-ethyl adjacent to an activating group) is 1. The van der Waals surface area contributed by atoms with Crippen molar-refractivity contribution in [1.82, 2.24) is 20.1 Å². The van der Waals surface area contributed by atoms with Gasteiger partial charge in [-0.05, 0) is 33.4 Å². The molecule has 1 aromatic rings. The number of rotatable bonds is 5. The van der Waals surface area contributed by atoms with Crippen molar-refractivity contribution in [2.45, 2.75) is 26.3 Å². The molecule has 112 valence electrons. The molecule has 1 amide bonds. The van der Waals surface area contributed by atoms with Crippen LogP contribution in [0.15, 0.2) is 12.3 Å². The van der Waals surface area contributed by atoms with Gasteiger partial charge in [0.25, 0.3) is 5.91 Å². The quantitative estimate of drug-likeness (QED) is 0.847. The van der Waals surface area contributed by atoms with E-state index in [1.165, 1.54) is 0 Å². The summed E-state index contributed by atoms with van der Waals surface area (Å²) in [7, 11) is 2.17. The average molecular weight is 278 g/mol. The van der Waals surface area contributed by atoms with Gasteiger partial charge in [0.15, 0.2) is 0 Å². The van der Waals surface area contributed by atoms with Crippen LogP contribution in [0.1, 0.15) is 29.4 Å². The van der Waals surface area contributed by atoms with E-state index in [2.05, 4.69) is 34.1 Å². The van der Waals surface area contributed by atoms with Gasteiger partial charge in [-0.25, -0.2) is 0 Å². The normalized spacial score (nSPS) is 18.9. The number of nitrogens with zero attached hydrogens (tertiary/aromatic N) is 2. The van der Waals surface area contributed by atoms with Crippen molar-refractivity contribution in [3.05, 3.63) is 23.5 Å². The standard InChI is InChI=1S/C15H26N4O/c1-12(19-10-8-18(3)9-11-19)4-6-17-15(20)14-5-7-16-13(14)2/h5,7,12,16H,4,6,8-11H2,1-3H3,(H,17,20). The second kappa shape index (κ2) is 6.90. The number of hydrogen-bond acceptors (Lipinski definition) is 3. The molecule has 1 unspecified atom stereocenters. The highest BCUT2D eigenvalue weighted by Crippen LogP contribution is 2.08. The first kappa shape index (κ1) is 15.1. The van der Waals surface area contributed by atoms with Crippen molar-refractivity contribution < 1.29 is 4.79 Å². The molecule has 1 aliphatic rings. The van der Waals surface area contributed by atoms with E-state index in [1.54, 1.807) is 6.20 Å². The predicted molar refractivity (Wildman–Crippen MR) is 81.0 cm³/mol. The molecule has 2 rings (SSSR count). The molecule has 0 bridgehead atoms. The third kappa shape index (κ3) is 3.84. The van der Waals surface area contributed by atoms with Crippen molar-refractivity contribution in [2.24, 2.45) is 0 Å². The maximum absolute atomic E-state index is 12.0. The van der Waals surface area contributed by atoms with Gasteiger partial charge in [-0.15, -0.1) is 0 Å². The molecule has 1 fully saturated rings. The Hall–Kier alpha value is -1.33. The zero-order valence-electron chi connectivity index (χ0n) is 12.8. The zero-order valence-corrected chi connectivity index (χ0v) is 12.8. The van der Waals surface area contributed by atoms with Crippen molar-refractivity contribution in [1.29, 1.82) is 0 Å². The Morgan fingerprint density at radius 3 is 2.70 bits per heavy atom. The fourth-order valence-corrected chi connectivity index (χ4v) is 2.63. The average Bonchev–Trinajstić information content (AvgIpc) is 2.85. The minimum absolute atomic E-state index is 0.0225. The molecule has 0 aliphatic carbocycles. The number of amides is 1. The fourth-order valence-electron chi connectivity index (χ4n) is 2.63. The predicted octanol–water partition coefficient (Wildman–Crippen LogP) is 1.08. The Bertz CT molecular complexity index is 435. The van der Waals surface area contributed by atoms with Crippen LogP contribution in [0.3, 0.4) is 0 Å². The second-order valence-corrected chi connectivity index (χ2v) is 5.75. The summed E-state index contributed by atoms with van der Waals surface area (Å²) >= 11 is 0. The first-order chi connectivity index (χ1) is 9.58. The van der Waals surface area contributed by atoms with Crippen LogP contribution in [0.2, 0.25) is 0 Å². The Balaban J connectivity index is 1.70. The van der Waals surface area contributed by atoms with E-state index >= 15 is 0 Å². The molecular formula is C15H26N4O. The Morgan fingerprint density at radius 2 is 2.10 bits per heavy atom. The van der Waals surface area contributed by atoms with Crippen LogP contribution in [0.4, 0.5) is 0 Å². The third-order valence-electron chi connectivity index (χ3n) is 4.21. The van der Waals surface area contributed by atoms with Crippen LogP contribution >= 0.6 is 0 Å². The smallest absolute Gasteiger partial charge is 0.253 e. The molecule has 5 nitrogen and oxygen atoms in total. The number of H-pyrrole nitrogens is 1. The number of aromatic nitrogens is 1. The van der Waals surface area contributed by atoms with Gasteiger partial charge in [0.2, 0.25) is 0 Å². The van der Waals surface area contributed by atoms with Gasteiger partial charge in [0.05, 0.1) is 5.56 Å². The molecule has 5 heteroatoms. The number of aromatic amines is 1. The van der Waals surface area contributed by atoms with Gasteiger partial charge in [-0.2, -0.15) is 0 Å². The Kier molecular flexibility index (Phi) is 5.20. The van der Waals surface area contributed by atoms with Crippen molar-refractivity contribution in [3.8, 4) is 0 Å². The van der Waals surface area contributed by atoms with Crippen LogP contribution in [0.25, 0.3) is 0 Å². The number of aryl methyl sites for hydroxylation is 1. The molecule has 1 aliphatic heterocycles. The number of carbonyl (C=O) groups is 1. The monoisotopic (exact) mass is 278 g/mol. The molecular weight excluding hydrogens is 252 g/mol. The number of piperazine rings is 1. The molecule has 1 saturated heterocycles. The van der Waals surface area contributed by atoms with Gasteiger partial charge in [-0.3, -0.25) is 9.69 Å². The molecule has 1 aromatic heterocycles. The van der Waals surface area contributed by atoms with E-state index in [1.807, 2.05) is 13.0 Å². The largest absolute Gasteiger partial charge is 0.365 e. The molecule has 20 heavy (non-hydrogen) atoms. The topological polar surface area (TPSA) is 51.4 Å². The van der Waals surface area contributed by atoms with E-state index in [9.17, 15) is 4.79 Å². The van der Waals surface area contributed by atoms with Crippen LogP contribution in [-0.4, -0.2) is 66.5 Å². The zero-order chi connectivity index (χ0) is 14.5. The molecule has 0 radical (unpaired) electrons. The van der Waals surface area contributed by atoms with Gasteiger partial charge in [0.1, 0.15) is 0 Å². The minimum atomic E-state index is 0.0225. The highest BCUT2D eigenvalue weighted by atomic mass is 16.1. The molecule has 2 heterocycles. The highest BCUT2D eigenvalue weighted by Gasteiger charge is 2.19. The van der Waals surface area contributed by atoms with E-state index < -0.39 is 0 Å². The van der Waals surface area contributed by atoms with Crippen molar-refractivity contribution in [3.63, 3.8) is 0 Å². The summed E-state index contributed by atoms with van der Waals surface area (Å²) in [6.07, 6.45) is 2.80. The highest BCUT2D eigenvalue weighted by molar-refractivity contribution is 5.95. The summed E-state index contributed by atoms with van der Waals surface area (Å²) in [6, 6.07) is 2.35. The summed E-state index contributed by atoms with van der Waals surface area (Å²) in [5.74, 6) is 0.0225. The van der Waals surface area contributed by atoms with E-state index in [0.717, 1.165) is 50.4 Å². The van der Waals surface area contributed by atoms with E-state index in [-0.39, 0.29) is 5.91 Å². The molecule has 0 spiro atoms. The van der Waals surface area contributed by atoms with Crippen molar-refractivity contribution >= 4 is 5.91 Å². The van der Waals surface area contributed by atoms with Crippen molar-refractivity contribution in [2.75, 3.05) is 39.8 Å². The first-order valence-electron chi connectivity index (χ1n) is 7.42. The second-order valence-electron chi connectivity index (χ2n) is 5.75. The maximum atomic E-state index is 12.0. The maximum Gasteiger partial charge on any atom is 0.253 e. The lowest BCUT2D eigenvalue weighted by Crippen LogP contribution is -2.48. The lowest BCUT2D eigenvalue weighted by molar-refractivity contribution is 0.0934. The molecule has 0 saturated carbocycles. The SMILES string of the molecule is Cc1[nH]ccc1C(=O)NCCC(C)N1CCN(C)CC1. The molecule has 1 atom stereocenters. The van der Waals surface area contributed by atoms with Gasteiger partial charge >= 0.3 is 0 Å². The van der Waals surface area contributed by atoms with Gasteiger partial charge < -0.3 is 15.2 Å². The molecule has 2 N–H and O–H groups in total. The Morgan fingerprint density at radius 1 is 1.40 bits per heavy atom. The number of hydrogen-bond donors (Lipinski definition) is 2. The molecule has 0 aromatic carbocycles. The summed E-state index contributed by atoms with van der Waals surface area (Å²) in [5, 5.41) is 3.01. The lowest BCUT2D eigenvalue weighted by Gasteiger charge is -2.36. The summed E-state index contributed by atoms with van der Waals surface area (Å²) in [5.41, 5.74) is 1.67. The summed E-state index contributed by atoms with van der Waals surface area (Å²) in [6.45, 7) is 9.43. The van der Waals surface area contributed by atoms with Crippen LogP contribution in [0.5, 0.6) is 0 Å². The summed E-state index contributed by atoms with van der Waals surface area (Å²) < 4.78 is 0.